The van der Waals surface area contributed by atoms with Crippen LogP contribution in [0.25, 0.3) is 0 Å². The van der Waals surface area contributed by atoms with Crippen LogP contribution in [0.2, 0.25) is 5.02 Å². The highest BCUT2D eigenvalue weighted by molar-refractivity contribution is 6.30. The molecule has 3 N–H and O–H groups in total. The van der Waals surface area contributed by atoms with Crippen molar-refractivity contribution in [2.75, 3.05) is 11.1 Å². The van der Waals surface area contributed by atoms with E-state index in [0.717, 1.165) is 0 Å². The average molecular weight is 292 g/mol. The topological polar surface area (TPSA) is 77.1 Å². The Kier molecular flexibility index (Phi) is 4.42. The van der Waals surface area contributed by atoms with Gasteiger partial charge in [-0.1, -0.05) is 23.7 Å². The lowest BCUT2D eigenvalue weighted by atomic mass is 10.2. The van der Waals surface area contributed by atoms with Crippen LogP contribution >= 0.6 is 11.6 Å². The number of para-hydroxylation sites is 2. The van der Waals surface area contributed by atoms with Gasteiger partial charge < -0.3 is 15.6 Å². The van der Waals surface area contributed by atoms with Crippen molar-refractivity contribution in [3.63, 3.8) is 0 Å². The van der Waals surface area contributed by atoms with Gasteiger partial charge in [0.25, 0.3) is 5.56 Å². The van der Waals surface area contributed by atoms with Crippen molar-refractivity contribution in [3.8, 4) is 0 Å². The van der Waals surface area contributed by atoms with Crippen LogP contribution in [-0.4, -0.2) is 10.5 Å². The highest BCUT2D eigenvalue weighted by Gasteiger charge is 2.06. The maximum Gasteiger partial charge on any atom is 0.250 e. The molecule has 1 amide bonds. The molecule has 104 valence electrons. The number of carbonyl (C=O) groups excluding carboxylic acids is 1. The zero-order chi connectivity index (χ0) is 14.5. The quantitative estimate of drug-likeness (QED) is 0.847. The zero-order valence-electron chi connectivity index (χ0n) is 10.7. The van der Waals surface area contributed by atoms with Gasteiger partial charge in [0, 0.05) is 25.2 Å². The fraction of sp³-hybridized carbons (Fsp3) is 0.143. The Labute approximate surface area is 121 Å². The Morgan fingerprint density at radius 1 is 1.25 bits per heavy atom. The smallest absolute Gasteiger partial charge is 0.250 e. The first kappa shape index (κ1) is 14.1. The van der Waals surface area contributed by atoms with Gasteiger partial charge in [-0.3, -0.25) is 9.59 Å². The molecule has 0 atom stereocenters. The molecule has 1 aromatic heterocycles. The molecule has 0 spiro atoms. The van der Waals surface area contributed by atoms with E-state index in [9.17, 15) is 9.59 Å². The summed E-state index contributed by atoms with van der Waals surface area (Å²) in [5.41, 5.74) is 6.61. The molecule has 0 aliphatic heterocycles. The van der Waals surface area contributed by atoms with Crippen LogP contribution in [-0.2, 0) is 11.3 Å². The number of hydrogen-bond acceptors (Lipinski definition) is 3. The van der Waals surface area contributed by atoms with E-state index >= 15 is 0 Å². The minimum Gasteiger partial charge on any atom is -0.397 e. The number of nitrogens with zero attached hydrogens (tertiary/aromatic N) is 1. The number of pyridine rings is 1. The van der Waals surface area contributed by atoms with Gasteiger partial charge in [-0.2, -0.15) is 0 Å². The molecule has 0 radical (unpaired) electrons. The molecule has 1 heterocycles. The van der Waals surface area contributed by atoms with E-state index in [-0.39, 0.29) is 24.4 Å². The third-order valence-electron chi connectivity index (χ3n) is 2.76. The maximum absolute atomic E-state index is 11.8. The van der Waals surface area contributed by atoms with E-state index in [2.05, 4.69) is 5.32 Å². The number of nitrogens with one attached hydrogen (secondary N) is 1. The third kappa shape index (κ3) is 3.61. The fourth-order valence-corrected chi connectivity index (χ4v) is 1.90. The van der Waals surface area contributed by atoms with Crippen molar-refractivity contribution in [1.82, 2.24) is 4.57 Å². The second-order valence-corrected chi connectivity index (χ2v) is 4.70. The molecule has 5 nitrogen and oxygen atoms in total. The first-order chi connectivity index (χ1) is 9.56. The molecule has 1 aromatic carbocycles. The number of benzene rings is 1. The van der Waals surface area contributed by atoms with E-state index in [1.54, 1.807) is 24.3 Å². The molecule has 20 heavy (non-hydrogen) atoms. The van der Waals surface area contributed by atoms with Crippen LogP contribution in [0.3, 0.4) is 0 Å². The van der Waals surface area contributed by atoms with Crippen molar-refractivity contribution in [2.45, 2.75) is 13.0 Å². The van der Waals surface area contributed by atoms with Crippen LogP contribution in [0.1, 0.15) is 6.42 Å². The predicted molar refractivity (Wildman–Crippen MR) is 79.8 cm³/mol. The first-order valence-corrected chi connectivity index (χ1v) is 6.44. The summed E-state index contributed by atoms with van der Waals surface area (Å²) in [7, 11) is 0. The zero-order valence-corrected chi connectivity index (χ0v) is 11.4. The second kappa shape index (κ2) is 6.25. The SMILES string of the molecule is Nc1ccccc1NC(=O)CCn1cc(Cl)ccc1=O. The van der Waals surface area contributed by atoms with Gasteiger partial charge in [0.15, 0.2) is 0 Å². The van der Waals surface area contributed by atoms with E-state index in [4.69, 9.17) is 17.3 Å². The Morgan fingerprint density at radius 2 is 2.00 bits per heavy atom. The monoisotopic (exact) mass is 291 g/mol. The van der Waals surface area contributed by atoms with Crippen LogP contribution < -0.4 is 16.6 Å². The Balaban J connectivity index is 1.98. The number of anilines is 2. The van der Waals surface area contributed by atoms with Crippen molar-refractivity contribution in [3.05, 3.63) is 58.0 Å². The van der Waals surface area contributed by atoms with Crippen molar-refractivity contribution >= 4 is 28.9 Å². The lowest BCUT2D eigenvalue weighted by Crippen LogP contribution is -2.22. The second-order valence-electron chi connectivity index (χ2n) is 4.26. The maximum atomic E-state index is 11.8. The largest absolute Gasteiger partial charge is 0.397 e. The molecule has 2 aromatic rings. The van der Waals surface area contributed by atoms with E-state index in [1.807, 2.05) is 0 Å². The summed E-state index contributed by atoms with van der Waals surface area (Å²) in [5.74, 6) is -0.213. The minimum atomic E-state index is -0.213. The first-order valence-electron chi connectivity index (χ1n) is 6.06. The van der Waals surface area contributed by atoms with Gasteiger partial charge in [-0.15, -0.1) is 0 Å². The Hall–Kier alpha value is -2.27. The van der Waals surface area contributed by atoms with Gasteiger partial charge >= 0.3 is 0 Å². The van der Waals surface area contributed by atoms with Crippen molar-refractivity contribution in [2.24, 2.45) is 0 Å². The van der Waals surface area contributed by atoms with Crippen LogP contribution in [0.5, 0.6) is 0 Å². The number of amides is 1. The molecule has 0 aliphatic carbocycles. The number of hydrogen-bond donors (Lipinski definition) is 2. The average Bonchev–Trinajstić information content (AvgIpc) is 2.42. The molecule has 2 rings (SSSR count). The standard InChI is InChI=1S/C14H14ClN3O2/c15-10-5-6-14(20)18(9-10)8-7-13(19)17-12-4-2-1-3-11(12)16/h1-6,9H,7-8,16H2,(H,17,19). The molecule has 0 unspecified atom stereocenters. The number of nitrogens with two attached hydrogens (primary N) is 1. The summed E-state index contributed by atoms with van der Waals surface area (Å²) in [6.07, 6.45) is 1.67. The highest BCUT2D eigenvalue weighted by atomic mass is 35.5. The summed E-state index contributed by atoms with van der Waals surface area (Å²) in [6.45, 7) is 0.262. The molecule has 0 saturated heterocycles. The van der Waals surface area contributed by atoms with Gasteiger partial charge in [-0.05, 0) is 18.2 Å². The number of carbonyl (C=O) groups is 1. The van der Waals surface area contributed by atoms with Gasteiger partial charge in [0.2, 0.25) is 5.91 Å². The van der Waals surface area contributed by atoms with E-state index in [0.29, 0.717) is 16.4 Å². The molecule has 6 heteroatoms. The molecule has 0 saturated carbocycles. The predicted octanol–water partition coefficient (Wildman–Crippen LogP) is 2.11. The lowest BCUT2D eigenvalue weighted by Gasteiger charge is -2.09. The minimum absolute atomic E-state index is 0.161. The number of aromatic nitrogens is 1. The highest BCUT2D eigenvalue weighted by Crippen LogP contribution is 2.16. The normalized spacial score (nSPS) is 10.2. The summed E-state index contributed by atoms with van der Waals surface area (Å²) >= 11 is 5.81. The Bertz CT molecular complexity index is 682. The molecular formula is C14H14ClN3O2. The molecule has 0 aliphatic rings. The number of nitrogen functional groups attached to an aromatic ring is 1. The number of aryl methyl sites for hydroxylation is 1. The molecule has 0 fully saturated rings. The van der Waals surface area contributed by atoms with Crippen LogP contribution in [0, 0.1) is 0 Å². The summed E-state index contributed by atoms with van der Waals surface area (Å²) in [6, 6.07) is 9.89. The summed E-state index contributed by atoms with van der Waals surface area (Å²) < 4.78 is 1.40. The van der Waals surface area contributed by atoms with Gasteiger partial charge in [0.1, 0.15) is 0 Å². The summed E-state index contributed by atoms with van der Waals surface area (Å²) in [4.78, 5) is 23.4. The van der Waals surface area contributed by atoms with Gasteiger partial charge in [0.05, 0.1) is 16.4 Å². The fourth-order valence-electron chi connectivity index (χ4n) is 1.72. The number of rotatable bonds is 4. The van der Waals surface area contributed by atoms with Crippen LogP contribution in [0.15, 0.2) is 47.4 Å². The third-order valence-corrected chi connectivity index (χ3v) is 2.99. The molecular weight excluding hydrogens is 278 g/mol. The number of halogens is 1. The molecule has 0 bridgehead atoms. The summed E-state index contributed by atoms with van der Waals surface area (Å²) in [5, 5.41) is 3.16. The van der Waals surface area contributed by atoms with Crippen molar-refractivity contribution in [1.29, 1.82) is 0 Å². The van der Waals surface area contributed by atoms with Crippen molar-refractivity contribution < 1.29 is 4.79 Å². The van der Waals surface area contributed by atoms with Crippen LogP contribution in [0.4, 0.5) is 11.4 Å². The Morgan fingerprint density at radius 3 is 2.75 bits per heavy atom. The lowest BCUT2D eigenvalue weighted by molar-refractivity contribution is -0.116. The van der Waals surface area contributed by atoms with Gasteiger partial charge in [-0.25, -0.2) is 0 Å². The van der Waals surface area contributed by atoms with E-state index < -0.39 is 0 Å². The van der Waals surface area contributed by atoms with E-state index in [1.165, 1.54) is 22.9 Å².